The third-order valence-corrected chi connectivity index (χ3v) is 8.53. The number of alkyl halides is 3. The molecular formula is C35H25F3N2O4. The van der Waals surface area contributed by atoms with Gasteiger partial charge in [-0.3, -0.25) is 9.59 Å². The molecule has 2 fully saturated rings. The van der Waals surface area contributed by atoms with Gasteiger partial charge in [0, 0.05) is 5.69 Å². The Labute approximate surface area is 251 Å². The number of ether oxygens (including phenoxy) is 1. The van der Waals surface area contributed by atoms with Crippen LogP contribution in [0.2, 0.25) is 0 Å². The lowest BCUT2D eigenvalue weighted by molar-refractivity contribution is -0.151. The van der Waals surface area contributed by atoms with Crippen molar-refractivity contribution in [1.29, 1.82) is 0 Å². The lowest BCUT2D eigenvalue weighted by atomic mass is 9.88. The van der Waals surface area contributed by atoms with Crippen LogP contribution in [0.1, 0.15) is 28.4 Å². The highest BCUT2D eigenvalue weighted by atomic mass is 19.4. The highest BCUT2D eigenvalue weighted by Gasteiger charge is 2.65. The zero-order chi connectivity index (χ0) is 30.6. The van der Waals surface area contributed by atoms with E-state index >= 15 is 0 Å². The van der Waals surface area contributed by atoms with E-state index in [0.29, 0.717) is 5.69 Å². The maximum absolute atomic E-state index is 14.4. The van der Waals surface area contributed by atoms with Gasteiger partial charge in [-0.15, -0.1) is 0 Å². The molecule has 0 bridgehead atoms. The van der Waals surface area contributed by atoms with Crippen LogP contribution in [0.25, 0.3) is 6.08 Å². The molecule has 7 rings (SSSR count). The minimum absolute atomic E-state index is 0.186. The number of halogens is 3. The Morgan fingerprint density at radius 3 is 2.02 bits per heavy atom. The van der Waals surface area contributed by atoms with Crippen LogP contribution in [0.4, 0.5) is 24.5 Å². The van der Waals surface area contributed by atoms with E-state index in [1.54, 1.807) is 17.0 Å². The van der Waals surface area contributed by atoms with Gasteiger partial charge in [0.25, 0.3) is 0 Å². The van der Waals surface area contributed by atoms with Crippen LogP contribution >= 0.6 is 0 Å². The van der Waals surface area contributed by atoms with Gasteiger partial charge >= 0.3 is 12.1 Å². The molecule has 3 heterocycles. The van der Waals surface area contributed by atoms with Gasteiger partial charge < -0.3 is 9.64 Å². The van der Waals surface area contributed by atoms with Crippen LogP contribution in [0.5, 0.6) is 0 Å². The number of nitrogens with zero attached hydrogens (tertiary/aromatic N) is 2. The summed E-state index contributed by atoms with van der Waals surface area (Å²) in [7, 11) is 0. The minimum Gasteiger partial charge on any atom is -0.451 e. The molecule has 0 aliphatic carbocycles. The molecule has 6 nitrogen and oxygen atoms in total. The van der Waals surface area contributed by atoms with Crippen LogP contribution < -0.4 is 9.80 Å². The Morgan fingerprint density at radius 2 is 1.36 bits per heavy atom. The molecule has 220 valence electrons. The number of carbonyl (C=O) groups is 3. The SMILES string of the molecule is O=C(OC(c1ccccc1)c1ccccc1)[C@@H]1[C@H]2C(=O)N(c3cccc(C(F)(F)F)c3)C(=O)[C@@H]2[C@H]2C=Cc3ccccc3N21. The van der Waals surface area contributed by atoms with E-state index in [2.05, 4.69) is 0 Å². The smallest absolute Gasteiger partial charge is 0.416 e. The van der Waals surface area contributed by atoms with E-state index in [1.807, 2.05) is 84.9 Å². The van der Waals surface area contributed by atoms with E-state index in [1.165, 1.54) is 6.07 Å². The van der Waals surface area contributed by atoms with Crippen LogP contribution in [-0.2, 0) is 25.3 Å². The van der Waals surface area contributed by atoms with Crippen molar-refractivity contribution in [3.8, 4) is 0 Å². The number of hydrogen-bond acceptors (Lipinski definition) is 5. The zero-order valence-corrected chi connectivity index (χ0v) is 23.1. The van der Waals surface area contributed by atoms with Gasteiger partial charge in [-0.1, -0.05) is 97.1 Å². The summed E-state index contributed by atoms with van der Waals surface area (Å²) < 4.78 is 46.9. The van der Waals surface area contributed by atoms with Gasteiger partial charge in [-0.2, -0.15) is 13.2 Å². The first-order valence-electron chi connectivity index (χ1n) is 14.1. The molecule has 0 radical (unpaired) electrons. The molecule has 0 aromatic heterocycles. The second-order valence-corrected chi connectivity index (χ2v) is 11.0. The Hall–Kier alpha value is -5.18. The number of carbonyl (C=O) groups excluding carboxylic acids is 3. The van der Waals surface area contributed by atoms with Crippen molar-refractivity contribution in [2.24, 2.45) is 11.8 Å². The second kappa shape index (κ2) is 10.5. The summed E-state index contributed by atoms with van der Waals surface area (Å²) in [5.41, 5.74) is 1.74. The molecule has 2 saturated heterocycles. The lowest BCUT2D eigenvalue weighted by Gasteiger charge is -2.36. The van der Waals surface area contributed by atoms with Crippen molar-refractivity contribution in [3.05, 3.63) is 138 Å². The fraction of sp³-hybridized carbons (Fsp3) is 0.171. The number of para-hydroxylation sites is 1. The molecule has 9 heteroatoms. The van der Waals surface area contributed by atoms with Crippen molar-refractivity contribution < 1.29 is 32.3 Å². The van der Waals surface area contributed by atoms with E-state index in [4.69, 9.17) is 4.74 Å². The molecule has 2 amide bonds. The lowest BCUT2D eigenvalue weighted by Crippen LogP contribution is -2.49. The third kappa shape index (κ3) is 4.47. The quantitative estimate of drug-likeness (QED) is 0.197. The van der Waals surface area contributed by atoms with E-state index in [0.717, 1.165) is 39.8 Å². The molecule has 4 atom stereocenters. The third-order valence-electron chi connectivity index (χ3n) is 8.53. The molecule has 0 saturated carbocycles. The van der Waals surface area contributed by atoms with Crippen molar-refractivity contribution in [2.75, 3.05) is 9.80 Å². The standard InChI is InChI=1S/C35H25F3N2O4/c36-35(37,38)24-15-9-16-25(20-24)39-32(41)28-27-19-18-21-10-7-8-17-26(21)40(27)30(29(28)33(39)42)34(43)44-31(22-11-3-1-4-12-22)23-13-5-2-6-14-23/h1-20,27-31H/t27-,28-,29+,30+/m1/s1. The molecule has 0 spiro atoms. The molecule has 4 aromatic carbocycles. The van der Waals surface area contributed by atoms with Crippen LogP contribution in [-0.4, -0.2) is 29.9 Å². The summed E-state index contributed by atoms with van der Waals surface area (Å²) in [6.07, 6.45) is -1.85. The largest absolute Gasteiger partial charge is 0.451 e. The normalized spacial score (nSPS) is 22.2. The fourth-order valence-electron chi connectivity index (χ4n) is 6.63. The summed E-state index contributed by atoms with van der Waals surface area (Å²) in [4.78, 5) is 45.0. The number of esters is 1. The van der Waals surface area contributed by atoms with E-state index in [-0.39, 0.29) is 5.69 Å². The average Bonchev–Trinajstić information content (AvgIpc) is 3.52. The zero-order valence-electron chi connectivity index (χ0n) is 23.1. The Bertz CT molecular complexity index is 1750. The summed E-state index contributed by atoms with van der Waals surface area (Å²) in [6, 6.07) is 27.9. The van der Waals surface area contributed by atoms with E-state index in [9.17, 15) is 27.6 Å². The predicted octanol–water partition coefficient (Wildman–Crippen LogP) is 6.43. The van der Waals surface area contributed by atoms with Crippen molar-refractivity contribution in [1.82, 2.24) is 0 Å². The van der Waals surface area contributed by atoms with Crippen LogP contribution in [0.15, 0.2) is 115 Å². The number of amides is 2. The van der Waals surface area contributed by atoms with Crippen LogP contribution in [0, 0.1) is 11.8 Å². The average molecular weight is 595 g/mol. The van der Waals surface area contributed by atoms with Gasteiger partial charge in [0.15, 0.2) is 6.10 Å². The number of imide groups is 1. The fourth-order valence-corrected chi connectivity index (χ4v) is 6.63. The summed E-state index contributed by atoms with van der Waals surface area (Å²) in [6.45, 7) is 0. The summed E-state index contributed by atoms with van der Waals surface area (Å²) in [5, 5.41) is 0. The van der Waals surface area contributed by atoms with Crippen LogP contribution in [0.3, 0.4) is 0 Å². The maximum atomic E-state index is 14.4. The van der Waals surface area contributed by atoms with Gasteiger partial charge in [0.05, 0.1) is 29.1 Å². The number of rotatable bonds is 5. The number of hydrogen-bond donors (Lipinski definition) is 0. The Balaban J connectivity index is 1.31. The highest BCUT2D eigenvalue weighted by Crippen LogP contribution is 2.50. The molecule has 4 aromatic rings. The first-order valence-corrected chi connectivity index (χ1v) is 14.1. The predicted molar refractivity (Wildman–Crippen MR) is 157 cm³/mol. The monoisotopic (exact) mass is 594 g/mol. The highest BCUT2D eigenvalue weighted by molar-refractivity contribution is 6.24. The number of benzene rings is 4. The molecule has 3 aliphatic rings. The van der Waals surface area contributed by atoms with Crippen molar-refractivity contribution in [3.63, 3.8) is 0 Å². The van der Waals surface area contributed by atoms with Gasteiger partial charge in [-0.25, -0.2) is 9.69 Å². The van der Waals surface area contributed by atoms with Crippen molar-refractivity contribution >= 4 is 35.2 Å². The molecule has 0 unspecified atom stereocenters. The van der Waals surface area contributed by atoms with E-state index < -0.39 is 59.5 Å². The maximum Gasteiger partial charge on any atom is 0.416 e. The molecule has 3 aliphatic heterocycles. The topological polar surface area (TPSA) is 66.9 Å². The van der Waals surface area contributed by atoms with Crippen molar-refractivity contribution in [2.45, 2.75) is 24.4 Å². The second-order valence-electron chi connectivity index (χ2n) is 11.0. The first-order chi connectivity index (χ1) is 21.2. The Kier molecular flexibility index (Phi) is 6.61. The summed E-state index contributed by atoms with van der Waals surface area (Å²) in [5.74, 6) is -4.30. The molecule has 0 N–H and O–H groups in total. The van der Waals surface area contributed by atoms with Gasteiger partial charge in [0.2, 0.25) is 11.8 Å². The van der Waals surface area contributed by atoms with Gasteiger partial charge in [-0.05, 0) is 41.0 Å². The number of fused-ring (bicyclic) bond motifs is 5. The molecule has 44 heavy (non-hydrogen) atoms. The Morgan fingerprint density at radius 1 is 0.750 bits per heavy atom. The van der Waals surface area contributed by atoms with Gasteiger partial charge in [0.1, 0.15) is 6.04 Å². The molecular weight excluding hydrogens is 569 g/mol. The minimum atomic E-state index is -4.67. The first kappa shape index (κ1) is 27.6. The summed E-state index contributed by atoms with van der Waals surface area (Å²) >= 11 is 0. The number of anilines is 2.